The van der Waals surface area contributed by atoms with E-state index in [-0.39, 0.29) is 0 Å². The Kier molecular flexibility index (Phi) is 3.11. The van der Waals surface area contributed by atoms with Gasteiger partial charge in [0.2, 0.25) is 0 Å². The molecule has 7 heteroatoms. The smallest absolute Gasteiger partial charge is 0.261 e. The Labute approximate surface area is 129 Å². The molecule has 0 N–H and O–H groups in total. The molecule has 0 aliphatic heterocycles. The minimum Gasteiger partial charge on any atom is -0.261 e. The third-order valence-electron chi connectivity index (χ3n) is 3.66. The first-order valence-corrected chi connectivity index (χ1v) is 6.93. The molecule has 0 saturated heterocycles. The molecule has 1 aromatic carbocycles. The van der Waals surface area contributed by atoms with Crippen LogP contribution in [-0.2, 0) is 0 Å². The number of hydrogen-bond donors (Lipinski definition) is 0. The monoisotopic (exact) mass is 311 g/mol. The third-order valence-corrected chi connectivity index (χ3v) is 3.66. The summed E-state index contributed by atoms with van der Waals surface area (Å²) in [5.74, 6) is 0. The van der Waals surface area contributed by atoms with Crippen LogP contribution in [0.3, 0.4) is 0 Å². The van der Waals surface area contributed by atoms with Crippen LogP contribution < -0.4 is 0 Å². The zero-order valence-corrected chi connectivity index (χ0v) is 11.8. The molecule has 0 unspecified atom stereocenters. The van der Waals surface area contributed by atoms with E-state index in [1.165, 1.54) is 12.4 Å². The van der Waals surface area contributed by atoms with Crippen molar-refractivity contribution >= 4 is 5.52 Å². The van der Waals surface area contributed by atoms with E-state index in [1.54, 1.807) is 29.3 Å². The van der Waals surface area contributed by atoms with Gasteiger partial charge in [0.1, 0.15) is 0 Å². The molecular weight excluding hydrogens is 300 g/mol. The third kappa shape index (κ3) is 2.36. The average molecular weight is 311 g/mol. The summed E-state index contributed by atoms with van der Waals surface area (Å²) in [6.07, 6.45) is 9.75. The van der Waals surface area contributed by atoms with Gasteiger partial charge < -0.3 is 0 Å². The second-order valence-corrected chi connectivity index (χ2v) is 5.03. The zero-order valence-electron chi connectivity index (χ0n) is 11.8. The Morgan fingerprint density at radius 1 is 0.870 bits per heavy atom. The number of halogens is 2. The molecule has 114 valence electrons. The van der Waals surface area contributed by atoms with E-state index in [0.717, 1.165) is 22.2 Å². The van der Waals surface area contributed by atoms with Gasteiger partial charge in [-0.25, -0.2) is 9.20 Å². The Bertz CT molecular complexity index is 956. The lowest BCUT2D eigenvalue weighted by molar-refractivity contribution is 0.0566. The molecule has 4 rings (SSSR count). The van der Waals surface area contributed by atoms with Gasteiger partial charge in [0.15, 0.2) is 0 Å². The maximum atomic E-state index is 12.6. The van der Waals surface area contributed by atoms with Gasteiger partial charge in [0.05, 0.1) is 24.1 Å². The Hall–Kier alpha value is -3.09. The summed E-state index contributed by atoms with van der Waals surface area (Å²) in [5.41, 5.74) is 4.34. The summed E-state index contributed by atoms with van der Waals surface area (Å²) in [5, 5.41) is 7.93. The van der Waals surface area contributed by atoms with Gasteiger partial charge in [-0.3, -0.25) is 4.98 Å². The summed E-state index contributed by atoms with van der Waals surface area (Å²) < 4.78 is 27.6. The van der Waals surface area contributed by atoms with Crippen molar-refractivity contribution in [3.8, 4) is 22.3 Å². The summed E-state index contributed by atoms with van der Waals surface area (Å²) in [6.45, 7) is -2.63. The fourth-order valence-electron chi connectivity index (χ4n) is 2.49. The van der Waals surface area contributed by atoms with Crippen LogP contribution in [0.2, 0.25) is 0 Å². The first-order valence-electron chi connectivity index (χ1n) is 6.93. The van der Waals surface area contributed by atoms with Gasteiger partial charge >= 0.3 is 6.55 Å². The average Bonchev–Trinajstić information content (AvgIpc) is 3.22. The van der Waals surface area contributed by atoms with Gasteiger partial charge in [-0.05, 0) is 11.1 Å². The lowest BCUT2D eigenvalue weighted by Gasteiger charge is -2.02. The van der Waals surface area contributed by atoms with Crippen molar-refractivity contribution in [2.24, 2.45) is 0 Å². The van der Waals surface area contributed by atoms with Crippen molar-refractivity contribution in [1.82, 2.24) is 24.4 Å². The van der Waals surface area contributed by atoms with Gasteiger partial charge in [-0.1, -0.05) is 24.3 Å². The predicted molar refractivity (Wildman–Crippen MR) is 80.9 cm³/mol. The van der Waals surface area contributed by atoms with E-state index in [1.807, 2.05) is 24.3 Å². The van der Waals surface area contributed by atoms with Gasteiger partial charge in [-0.2, -0.15) is 19.0 Å². The minimum atomic E-state index is -2.63. The van der Waals surface area contributed by atoms with Crippen molar-refractivity contribution in [2.75, 3.05) is 0 Å². The molecule has 0 aliphatic carbocycles. The maximum Gasteiger partial charge on any atom is 0.333 e. The molecule has 5 nitrogen and oxygen atoms in total. The maximum absolute atomic E-state index is 12.6. The summed E-state index contributed by atoms with van der Waals surface area (Å²) in [7, 11) is 0. The van der Waals surface area contributed by atoms with E-state index in [0.29, 0.717) is 10.2 Å². The van der Waals surface area contributed by atoms with Gasteiger partial charge in [0.25, 0.3) is 0 Å². The normalized spacial score (nSPS) is 11.4. The van der Waals surface area contributed by atoms with Gasteiger partial charge in [-0.15, -0.1) is 0 Å². The molecule has 0 aliphatic rings. The summed E-state index contributed by atoms with van der Waals surface area (Å²) in [4.78, 5) is 4.11. The topological polar surface area (TPSA) is 48.0 Å². The largest absolute Gasteiger partial charge is 0.333 e. The van der Waals surface area contributed by atoms with Crippen LogP contribution in [-0.4, -0.2) is 24.4 Å². The molecule has 3 heterocycles. The first-order chi connectivity index (χ1) is 11.2. The fourth-order valence-corrected chi connectivity index (χ4v) is 2.49. The molecule has 0 radical (unpaired) electrons. The van der Waals surface area contributed by atoms with Crippen LogP contribution in [0.1, 0.15) is 6.55 Å². The standard InChI is InChI=1S/C16H11F2N5/c17-16(18)23-10-13(7-20-23)11-1-3-12(4-2-11)14-8-21-22-6-5-19-9-15(14)22/h1-10,16H. The number of fused-ring (bicyclic) bond motifs is 1. The van der Waals surface area contributed by atoms with Crippen molar-refractivity contribution in [3.05, 3.63) is 61.4 Å². The second kappa shape index (κ2) is 5.28. The van der Waals surface area contributed by atoms with Crippen molar-refractivity contribution in [2.45, 2.75) is 6.55 Å². The Morgan fingerprint density at radius 3 is 2.39 bits per heavy atom. The lowest BCUT2D eigenvalue weighted by Crippen LogP contribution is -1.96. The predicted octanol–water partition coefficient (Wildman–Crippen LogP) is 3.65. The molecule has 3 aromatic heterocycles. The number of benzene rings is 1. The molecule has 0 fully saturated rings. The highest BCUT2D eigenvalue weighted by Crippen LogP contribution is 2.27. The van der Waals surface area contributed by atoms with Crippen LogP contribution in [0.15, 0.2) is 61.4 Å². The van der Waals surface area contributed by atoms with E-state index in [4.69, 9.17) is 0 Å². The molecule has 4 aromatic rings. The number of aromatic nitrogens is 5. The van der Waals surface area contributed by atoms with Crippen LogP contribution in [0, 0.1) is 0 Å². The zero-order chi connectivity index (χ0) is 15.8. The molecule has 0 saturated carbocycles. The van der Waals surface area contributed by atoms with E-state index in [2.05, 4.69) is 15.2 Å². The number of alkyl halides is 2. The second-order valence-electron chi connectivity index (χ2n) is 5.03. The highest BCUT2D eigenvalue weighted by molar-refractivity contribution is 5.80. The fraction of sp³-hybridized carbons (Fsp3) is 0.0625. The van der Waals surface area contributed by atoms with E-state index < -0.39 is 6.55 Å². The van der Waals surface area contributed by atoms with Gasteiger partial charge in [0, 0.05) is 29.7 Å². The van der Waals surface area contributed by atoms with Crippen LogP contribution in [0.25, 0.3) is 27.8 Å². The molecule has 0 bridgehead atoms. The molecule has 0 spiro atoms. The van der Waals surface area contributed by atoms with Crippen molar-refractivity contribution in [3.63, 3.8) is 0 Å². The van der Waals surface area contributed by atoms with Crippen LogP contribution in [0.4, 0.5) is 8.78 Å². The quantitative estimate of drug-likeness (QED) is 0.580. The lowest BCUT2D eigenvalue weighted by atomic mass is 10.0. The molecule has 23 heavy (non-hydrogen) atoms. The molecule has 0 atom stereocenters. The molecule has 0 amide bonds. The highest BCUT2D eigenvalue weighted by Gasteiger charge is 2.10. The van der Waals surface area contributed by atoms with Crippen LogP contribution >= 0.6 is 0 Å². The number of hydrogen-bond acceptors (Lipinski definition) is 3. The number of nitrogens with zero attached hydrogens (tertiary/aromatic N) is 5. The van der Waals surface area contributed by atoms with E-state index >= 15 is 0 Å². The van der Waals surface area contributed by atoms with Crippen molar-refractivity contribution < 1.29 is 8.78 Å². The Morgan fingerprint density at radius 2 is 1.65 bits per heavy atom. The van der Waals surface area contributed by atoms with Crippen molar-refractivity contribution in [1.29, 1.82) is 0 Å². The van der Waals surface area contributed by atoms with E-state index in [9.17, 15) is 8.78 Å². The van der Waals surface area contributed by atoms with Crippen LogP contribution in [0.5, 0.6) is 0 Å². The highest BCUT2D eigenvalue weighted by atomic mass is 19.3. The SMILES string of the molecule is FC(F)n1cc(-c2ccc(-c3cnn4ccncc34)cc2)cn1. The summed E-state index contributed by atoms with van der Waals surface area (Å²) >= 11 is 0. The minimum absolute atomic E-state index is 0.639. The number of rotatable bonds is 3. The molecular formula is C16H11F2N5. The Balaban J connectivity index is 1.70. The summed E-state index contributed by atoms with van der Waals surface area (Å²) in [6, 6.07) is 7.61. The first kappa shape index (κ1) is 13.6.